The number of hydrogen-bond acceptors (Lipinski definition) is 4. The molecule has 0 saturated carbocycles. The van der Waals surface area contributed by atoms with Gasteiger partial charge in [-0.25, -0.2) is 0 Å². The molecule has 0 radical (unpaired) electrons. The zero-order chi connectivity index (χ0) is 13.2. The van der Waals surface area contributed by atoms with Gasteiger partial charge in [-0.2, -0.15) is 4.98 Å². The third kappa shape index (κ3) is 2.40. The van der Waals surface area contributed by atoms with Crippen LogP contribution >= 0.6 is 0 Å². The number of nitrogens with two attached hydrogens (primary N) is 1. The lowest BCUT2D eigenvalue weighted by Crippen LogP contribution is -2.14. The summed E-state index contributed by atoms with van der Waals surface area (Å²) in [6, 6.07) is 8.46. The third-order valence-electron chi connectivity index (χ3n) is 3.93. The third-order valence-corrected chi connectivity index (χ3v) is 3.93. The Balaban J connectivity index is 1.79. The summed E-state index contributed by atoms with van der Waals surface area (Å²) in [7, 11) is 0. The Morgan fingerprint density at radius 1 is 1.37 bits per heavy atom. The van der Waals surface area contributed by atoms with E-state index in [2.05, 4.69) is 34.4 Å². The van der Waals surface area contributed by atoms with Gasteiger partial charge in [-0.15, -0.1) is 0 Å². The van der Waals surface area contributed by atoms with Crippen molar-refractivity contribution < 1.29 is 4.52 Å². The van der Waals surface area contributed by atoms with Gasteiger partial charge in [0.1, 0.15) is 0 Å². The highest BCUT2D eigenvalue weighted by molar-refractivity contribution is 5.31. The van der Waals surface area contributed by atoms with Gasteiger partial charge in [0.25, 0.3) is 0 Å². The van der Waals surface area contributed by atoms with Crippen molar-refractivity contribution in [2.75, 3.05) is 0 Å². The van der Waals surface area contributed by atoms with E-state index < -0.39 is 0 Å². The Kier molecular flexibility index (Phi) is 3.34. The average Bonchev–Trinajstić information content (AvgIpc) is 2.95. The van der Waals surface area contributed by atoms with Crippen LogP contribution in [0.1, 0.15) is 54.6 Å². The molecule has 1 aromatic heterocycles. The van der Waals surface area contributed by atoms with E-state index in [0.29, 0.717) is 11.8 Å². The van der Waals surface area contributed by atoms with Gasteiger partial charge in [-0.05, 0) is 36.8 Å². The van der Waals surface area contributed by atoms with E-state index in [1.54, 1.807) is 0 Å². The van der Waals surface area contributed by atoms with Gasteiger partial charge in [-0.1, -0.05) is 36.3 Å². The summed E-state index contributed by atoms with van der Waals surface area (Å²) in [5.41, 5.74) is 8.78. The highest BCUT2D eigenvalue weighted by Crippen LogP contribution is 2.31. The Bertz CT molecular complexity index is 564. The fraction of sp³-hybridized carbons (Fsp3) is 0.467. The fourth-order valence-electron chi connectivity index (χ4n) is 2.66. The minimum absolute atomic E-state index is 0.142. The molecule has 0 aliphatic heterocycles. The smallest absolute Gasteiger partial charge is 0.243 e. The van der Waals surface area contributed by atoms with E-state index in [0.717, 1.165) is 31.5 Å². The van der Waals surface area contributed by atoms with Crippen LogP contribution in [0.4, 0.5) is 0 Å². The number of aromatic nitrogens is 2. The molecule has 2 N–H and O–H groups in total. The highest BCUT2D eigenvalue weighted by Gasteiger charge is 2.24. The number of nitrogens with zero attached hydrogens (tertiary/aromatic N) is 2. The van der Waals surface area contributed by atoms with E-state index in [4.69, 9.17) is 10.3 Å². The van der Waals surface area contributed by atoms with Crippen molar-refractivity contribution in [1.29, 1.82) is 0 Å². The van der Waals surface area contributed by atoms with Gasteiger partial charge in [0.2, 0.25) is 5.89 Å². The molecule has 2 aromatic rings. The molecule has 3 rings (SSSR count). The number of benzene rings is 1. The first-order valence-electron chi connectivity index (χ1n) is 6.93. The van der Waals surface area contributed by atoms with Crippen LogP contribution < -0.4 is 5.73 Å². The van der Waals surface area contributed by atoms with Crippen LogP contribution in [0.3, 0.4) is 0 Å². The molecule has 0 spiro atoms. The number of fused-ring (bicyclic) bond motifs is 1. The molecule has 1 heterocycles. The molecule has 19 heavy (non-hydrogen) atoms. The monoisotopic (exact) mass is 257 g/mol. The molecular weight excluding hydrogens is 238 g/mol. The van der Waals surface area contributed by atoms with Crippen LogP contribution in [-0.4, -0.2) is 10.1 Å². The first-order valence-corrected chi connectivity index (χ1v) is 6.93. The van der Waals surface area contributed by atoms with Crippen molar-refractivity contribution in [3.05, 3.63) is 47.1 Å². The normalized spacial score (nSPS) is 20.0. The standard InChI is InChI=1S/C15H19N3O/c1-2-13(16)15-17-14(18-19-15)12-8-7-10-5-3-4-6-11(10)9-12/h3-6,12-13H,2,7-9,16H2,1H3/t12?,13-/m1/s1. The van der Waals surface area contributed by atoms with E-state index in [9.17, 15) is 0 Å². The van der Waals surface area contributed by atoms with Crippen LogP contribution in [0.5, 0.6) is 0 Å². The van der Waals surface area contributed by atoms with Crippen LogP contribution in [0.25, 0.3) is 0 Å². The van der Waals surface area contributed by atoms with Gasteiger partial charge in [-0.3, -0.25) is 0 Å². The molecular formula is C15H19N3O. The van der Waals surface area contributed by atoms with E-state index in [1.807, 2.05) is 6.92 Å². The first-order chi connectivity index (χ1) is 9.28. The SMILES string of the molecule is CC[C@@H](N)c1nc(C2CCc3ccccc3C2)no1. The maximum absolute atomic E-state index is 5.92. The predicted molar refractivity (Wildman–Crippen MR) is 72.7 cm³/mol. The summed E-state index contributed by atoms with van der Waals surface area (Å²) in [6.45, 7) is 2.02. The lowest BCUT2D eigenvalue weighted by atomic mass is 9.83. The zero-order valence-electron chi connectivity index (χ0n) is 11.2. The van der Waals surface area contributed by atoms with Crippen LogP contribution in [0.2, 0.25) is 0 Å². The quantitative estimate of drug-likeness (QED) is 0.918. The number of rotatable bonds is 3. The molecule has 4 heteroatoms. The Morgan fingerprint density at radius 2 is 2.16 bits per heavy atom. The molecule has 0 amide bonds. The predicted octanol–water partition coefficient (Wildman–Crippen LogP) is 2.75. The molecule has 1 aromatic carbocycles. The minimum atomic E-state index is -0.142. The maximum Gasteiger partial charge on any atom is 0.243 e. The van der Waals surface area contributed by atoms with Gasteiger partial charge in [0.05, 0.1) is 6.04 Å². The van der Waals surface area contributed by atoms with Gasteiger partial charge < -0.3 is 10.3 Å². The Labute approximate surface area is 113 Å². The van der Waals surface area contributed by atoms with Crippen LogP contribution in [0.15, 0.2) is 28.8 Å². The molecule has 1 aliphatic rings. The topological polar surface area (TPSA) is 64.9 Å². The molecule has 0 saturated heterocycles. The molecule has 2 atom stereocenters. The summed E-state index contributed by atoms with van der Waals surface area (Å²) < 4.78 is 5.27. The summed E-state index contributed by atoms with van der Waals surface area (Å²) in [5, 5.41) is 4.12. The van der Waals surface area contributed by atoms with E-state index >= 15 is 0 Å². The molecule has 1 unspecified atom stereocenters. The average molecular weight is 257 g/mol. The Morgan fingerprint density at radius 3 is 2.95 bits per heavy atom. The van der Waals surface area contributed by atoms with Gasteiger partial charge >= 0.3 is 0 Å². The largest absolute Gasteiger partial charge is 0.338 e. The Hall–Kier alpha value is -1.68. The molecule has 0 bridgehead atoms. The first kappa shape index (κ1) is 12.4. The molecule has 4 nitrogen and oxygen atoms in total. The summed E-state index contributed by atoms with van der Waals surface area (Å²) in [6.07, 6.45) is 3.98. The maximum atomic E-state index is 5.92. The van der Waals surface area contributed by atoms with E-state index in [-0.39, 0.29) is 6.04 Å². The van der Waals surface area contributed by atoms with Crippen molar-refractivity contribution in [3.8, 4) is 0 Å². The molecule has 1 aliphatic carbocycles. The van der Waals surface area contributed by atoms with Crippen molar-refractivity contribution in [2.24, 2.45) is 5.73 Å². The number of hydrogen-bond donors (Lipinski definition) is 1. The minimum Gasteiger partial charge on any atom is -0.338 e. The van der Waals surface area contributed by atoms with E-state index in [1.165, 1.54) is 11.1 Å². The lowest BCUT2D eigenvalue weighted by molar-refractivity contribution is 0.344. The summed E-state index contributed by atoms with van der Waals surface area (Å²) in [5.74, 6) is 1.74. The molecule has 0 fully saturated rings. The second-order valence-electron chi connectivity index (χ2n) is 5.21. The second kappa shape index (κ2) is 5.13. The van der Waals surface area contributed by atoms with Crippen LogP contribution in [0, 0.1) is 0 Å². The zero-order valence-corrected chi connectivity index (χ0v) is 11.2. The summed E-state index contributed by atoms with van der Waals surface area (Å²) >= 11 is 0. The fourth-order valence-corrected chi connectivity index (χ4v) is 2.66. The molecule has 100 valence electrons. The summed E-state index contributed by atoms with van der Waals surface area (Å²) in [4.78, 5) is 4.47. The number of aryl methyl sites for hydroxylation is 1. The van der Waals surface area contributed by atoms with Gasteiger partial charge in [0, 0.05) is 5.92 Å². The van der Waals surface area contributed by atoms with Crippen molar-refractivity contribution in [2.45, 2.75) is 44.6 Å². The highest BCUT2D eigenvalue weighted by atomic mass is 16.5. The van der Waals surface area contributed by atoms with Crippen molar-refractivity contribution in [1.82, 2.24) is 10.1 Å². The second-order valence-corrected chi connectivity index (χ2v) is 5.21. The van der Waals surface area contributed by atoms with Gasteiger partial charge in [0.15, 0.2) is 5.82 Å². The van der Waals surface area contributed by atoms with Crippen molar-refractivity contribution >= 4 is 0 Å². The van der Waals surface area contributed by atoms with Crippen LogP contribution in [-0.2, 0) is 12.8 Å². The van der Waals surface area contributed by atoms with Crippen molar-refractivity contribution in [3.63, 3.8) is 0 Å². The lowest BCUT2D eigenvalue weighted by Gasteiger charge is -2.21.